The van der Waals surface area contributed by atoms with E-state index in [1.807, 2.05) is 6.07 Å². The van der Waals surface area contributed by atoms with Gasteiger partial charge in [-0.05, 0) is 41.6 Å². The fourth-order valence-corrected chi connectivity index (χ4v) is 3.30. The number of hydrogen-bond donors (Lipinski definition) is 1. The summed E-state index contributed by atoms with van der Waals surface area (Å²) in [5, 5.41) is 0.968. The van der Waals surface area contributed by atoms with Gasteiger partial charge in [-0.2, -0.15) is 0 Å². The van der Waals surface area contributed by atoms with Crippen LogP contribution in [-0.4, -0.2) is 0 Å². The smallest absolute Gasteiger partial charge is 0.126 e. The van der Waals surface area contributed by atoms with E-state index in [1.54, 1.807) is 24.3 Å². The van der Waals surface area contributed by atoms with E-state index in [1.165, 1.54) is 29.5 Å². The summed E-state index contributed by atoms with van der Waals surface area (Å²) >= 11 is 1.46. The highest BCUT2D eigenvalue weighted by Crippen LogP contribution is 2.31. The summed E-state index contributed by atoms with van der Waals surface area (Å²) in [6.45, 7) is 0. The van der Waals surface area contributed by atoms with Crippen molar-refractivity contribution < 1.29 is 8.78 Å². The Morgan fingerprint density at radius 3 is 2.65 bits per heavy atom. The normalized spacial score (nSPS) is 12.8. The highest BCUT2D eigenvalue weighted by Gasteiger charge is 2.13. The molecule has 0 saturated heterocycles. The molecule has 20 heavy (non-hydrogen) atoms. The maximum Gasteiger partial charge on any atom is 0.126 e. The number of rotatable bonds is 3. The van der Waals surface area contributed by atoms with Crippen LogP contribution < -0.4 is 5.73 Å². The fourth-order valence-electron chi connectivity index (χ4n) is 2.21. The molecule has 0 fully saturated rings. The summed E-state index contributed by atoms with van der Waals surface area (Å²) in [5.41, 5.74) is 6.75. The predicted octanol–water partition coefficient (Wildman–Crippen LogP) is 4.42. The Morgan fingerprint density at radius 1 is 1.05 bits per heavy atom. The summed E-state index contributed by atoms with van der Waals surface area (Å²) in [6, 6.07) is 13.0. The van der Waals surface area contributed by atoms with Crippen molar-refractivity contribution in [3.63, 3.8) is 0 Å². The number of halogens is 2. The molecule has 0 bridgehead atoms. The van der Waals surface area contributed by atoms with Gasteiger partial charge in [0.15, 0.2) is 0 Å². The largest absolute Gasteiger partial charge is 0.323 e. The number of nitrogens with two attached hydrogens (primary N) is 1. The van der Waals surface area contributed by atoms with Crippen LogP contribution in [0.2, 0.25) is 0 Å². The Labute approximate surface area is 119 Å². The highest BCUT2D eigenvalue weighted by atomic mass is 32.1. The Kier molecular flexibility index (Phi) is 3.51. The van der Waals surface area contributed by atoms with E-state index in [0.717, 1.165) is 15.0 Å². The van der Waals surface area contributed by atoms with Gasteiger partial charge in [-0.25, -0.2) is 8.78 Å². The van der Waals surface area contributed by atoms with Gasteiger partial charge in [0, 0.05) is 15.6 Å². The van der Waals surface area contributed by atoms with Gasteiger partial charge in [0.2, 0.25) is 0 Å². The standard InChI is InChI=1S/C16H13F2NS/c17-12-6-5-11-8-16(20-15(11)9-12)14(19)7-10-3-1-2-4-13(10)18/h1-6,8-9,14H,7,19H2. The van der Waals surface area contributed by atoms with Gasteiger partial charge in [0.25, 0.3) is 0 Å². The molecule has 1 nitrogen and oxygen atoms in total. The molecule has 0 aliphatic carbocycles. The first kappa shape index (κ1) is 13.2. The minimum absolute atomic E-state index is 0.241. The van der Waals surface area contributed by atoms with Crippen LogP contribution in [0.15, 0.2) is 48.5 Å². The zero-order valence-corrected chi connectivity index (χ0v) is 11.5. The van der Waals surface area contributed by atoms with Crippen molar-refractivity contribution in [1.29, 1.82) is 0 Å². The fraction of sp³-hybridized carbons (Fsp3) is 0.125. The molecule has 0 spiro atoms. The predicted molar refractivity (Wildman–Crippen MR) is 78.8 cm³/mol. The second-order valence-corrected chi connectivity index (χ2v) is 5.85. The second-order valence-electron chi connectivity index (χ2n) is 4.73. The molecule has 0 radical (unpaired) electrons. The first-order chi connectivity index (χ1) is 9.63. The lowest BCUT2D eigenvalue weighted by atomic mass is 10.0. The summed E-state index contributed by atoms with van der Waals surface area (Å²) in [5.74, 6) is -0.497. The summed E-state index contributed by atoms with van der Waals surface area (Å²) in [4.78, 5) is 0.939. The van der Waals surface area contributed by atoms with Crippen molar-refractivity contribution in [2.24, 2.45) is 5.73 Å². The average molecular weight is 289 g/mol. The van der Waals surface area contributed by atoms with Crippen LogP contribution in [-0.2, 0) is 6.42 Å². The van der Waals surface area contributed by atoms with Crippen LogP contribution in [0.4, 0.5) is 8.78 Å². The Hall–Kier alpha value is -1.78. The van der Waals surface area contributed by atoms with Gasteiger partial charge < -0.3 is 5.73 Å². The molecule has 4 heteroatoms. The lowest BCUT2D eigenvalue weighted by Crippen LogP contribution is -2.12. The molecule has 0 aliphatic rings. The third kappa shape index (κ3) is 2.57. The van der Waals surface area contributed by atoms with E-state index in [2.05, 4.69) is 0 Å². The van der Waals surface area contributed by atoms with Crippen LogP contribution in [0.3, 0.4) is 0 Å². The third-order valence-corrected chi connectivity index (χ3v) is 4.49. The molecule has 0 amide bonds. The zero-order chi connectivity index (χ0) is 14.1. The van der Waals surface area contributed by atoms with Crippen molar-refractivity contribution in [3.8, 4) is 0 Å². The van der Waals surface area contributed by atoms with Gasteiger partial charge in [0.05, 0.1) is 0 Å². The molecule has 1 heterocycles. The van der Waals surface area contributed by atoms with Crippen molar-refractivity contribution in [2.75, 3.05) is 0 Å². The SMILES string of the molecule is NC(Cc1ccccc1F)c1cc2ccc(F)cc2s1. The van der Waals surface area contributed by atoms with Gasteiger partial charge in [-0.3, -0.25) is 0 Å². The quantitative estimate of drug-likeness (QED) is 0.758. The summed E-state index contributed by atoms with van der Waals surface area (Å²) in [6.07, 6.45) is 0.433. The van der Waals surface area contributed by atoms with E-state index in [-0.39, 0.29) is 17.7 Å². The van der Waals surface area contributed by atoms with Crippen molar-refractivity contribution in [1.82, 2.24) is 0 Å². The molecule has 102 valence electrons. The monoisotopic (exact) mass is 289 g/mol. The van der Waals surface area contributed by atoms with E-state index < -0.39 is 0 Å². The molecule has 1 atom stereocenters. The number of fused-ring (bicyclic) bond motifs is 1. The Morgan fingerprint density at radius 2 is 1.85 bits per heavy atom. The molecule has 0 saturated carbocycles. The zero-order valence-electron chi connectivity index (χ0n) is 10.6. The summed E-state index contributed by atoms with van der Waals surface area (Å²) < 4.78 is 27.7. The number of thiophene rings is 1. The lowest BCUT2D eigenvalue weighted by Gasteiger charge is -2.10. The molecule has 1 aromatic heterocycles. The lowest BCUT2D eigenvalue weighted by molar-refractivity contribution is 0.595. The minimum atomic E-state index is -0.285. The first-order valence-electron chi connectivity index (χ1n) is 6.31. The molecular weight excluding hydrogens is 276 g/mol. The summed E-state index contributed by atoms with van der Waals surface area (Å²) in [7, 11) is 0. The van der Waals surface area contributed by atoms with Crippen LogP contribution in [0, 0.1) is 11.6 Å². The molecule has 1 unspecified atom stereocenters. The molecule has 3 rings (SSSR count). The molecule has 2 aromatic carbocycles. The minimum Gasteiger partial charge on any atom is -0.323 e. The van der Waals surface area contributed by atoms with Crippen LogP contribution in [0.1, 0.15) is 16.5 Å². The van der Waals surface area contributed by atoms with E-state index >= 15 is 0 Å². The maximum atomic E-state index is 13.6. The van der Waals surface area contributed by atoms with E-state index in [4.69, 9.17) is 5.73 Å². The van der Waals surface area contributed by atoms with E-state index in [0.29, 0.717) is 12.0 Å². The van der Waals surface area contributed by atoms with Gasteiger partial charge in [-0.15, -0.1) is 11.3 Å². The second kappa shape index (κ2) is 5.31. The van der Waals surface area contributed by atoms with Gasteiger partial charge in [-0.1, -0.05) is 24.3 Å². The first-order valence-corrected chi connectivity index (χ1v) is 7.13. The molecular formula is C16H13F2NS. The average Bonchev–Trinajstić information content (AvgIpc) is 2.84. The maximum absolute atomic E-state index is 13.6. The topological polar surface area (TPSA) is 26.0 Å². The molecule has 3 aromatic rings. The van der Waals surface area contributed by atoms with Crippen molar-refractivity contribution in [3.05, 3.63) is 70.6 Å². The van der Waals surface area contributed by atoms with Gasteiger partial charge in [0.1, 0.15) is 11.6 Å². The third-order valence-electron chi connectivity index (χ3n) is 3.26. The van der Waals surface area contributed by atoms with Crippen molar-refractivity contribution >= 4 is 21.4 Å². The molecule has 2 N–H and O–H groups in total. The van der Waals surface area contributed by atoms with Gasteiger partial charge >= 0.3 is 0 Å². The number of benzene rings is 2. The Bertz CT molecular complexity index is 751. The van der Waals surface area contributed by atoms with E-state index in [9.17, 15) is 8.78 Å². The number of hydrogen-bond acceptors (Lipinski definition) is 2. The van der Waals surface area contributed by atoms with Crippen molar-refractivity contribution in [2.45, 2.75) is 12.5 Å². The van der Waals surface area contributed by atoms with Crippen LogP contribution >= 0.6 is 11.3 Å². The van der Waals surface area contributed by atoms with Crippen LogP contribution in [0.25, 0.3) is 10.1 Å². The Balaban J connectivity index is 1.89. The highest BCUT2D eigenvalue weighted by molar-refractivity contribution is 7.19. The van der Waals surface area contributed by atoms with Crippen LogP contribution in [0.5, 0.6) is 0 Å². The molecule has 0 aliphatic heterocycles.